The van der Waals surface area contributed by atoms with E-state index < -0.39 is 0 Å². The summed E-state index contributed by atoms with van der Waals surface area (Å²) >= 11 is 3.64. The van der Waals surface area contributed by atoms with E-state index >= 15 is 0 Å². The summed E-state index contributed by atoms with van der Waals surface area (Å²) in [6.45, 7) is 7.50. The molecule has 1 aliphatic carbocycles. The molecular formula is C15H25BrN2O. The molecule has 0 atom stereocenters. The Hall–Kier alpha value is -0.350. The lowest BCUT2D eigenvalue weighted by atomic mass is 9.76. The van der Waals surface area contributed by atoms with Gasteiger partial charge in [-0.15, -0.1) is 0 Å². The maximum Gasteiger partial charge on any atom is 0.0900 e. The van der Waals surface area contributed by atoms with E-state index in [1.54, 1.807) is 0 Å². The van der Waals surface area contributed by atoms with Gasteiger partial charge in [0.1, 0.15) is 0 Å². The summed E-state index contributed by atoms with van der Waals surface area (Å²) in [5.41, 5.74) is 2.77. The molecule has 0 amide bonds. The standard InChI is InChI=1S/C15H25BrN2O/c1-5-12-14(16)13(18(4)17-12)10-19-11-6-8-15(2,3)9-7-11/h11H,5-10H2,1-4H3. The van der Waals surface area contributed by atoms with Crippen molar-refractivity contribution in [3.8, 4) is 0 Å². The lowest BCUT2D eigenvalue weighted by Crippen LogP contribution is -2.26. The molecule has 0 N–H and O–H groups in total. The first-order valence-corrected chi connectivity index (χ1v) is 8.04. The third-order valence-electron chi connectivity index (χ3n) is 4.24. The van der Waals surface area contributed by atoms with Gasteiger partial charge in [-0.1, -0.05) is 20.8 Å². The second kappa shape index (κ2) is 5.96. The Kier molecular flexibility index (Phi) is 4.72. The van der Waals surface area contributed by atoms with Gasteiger partial charge < -0.3 is 4.74 Å². The average Bonchev–Trinajstić information content (AvgIpc) is 2.63. The molecular weight excluding hydrogens is 304 g/mol. The van der Waals surface area contributed by atoms with Crippen LogP contribution in [0.15, 0.2) is 4.47 Å². The quantitative estimate of drug-likeness (QED) is 0.826. The number of ether oxygens (including phenoxy) is 1. The summed E-state index contributed by atoms with van der Waals surface area (Å²) in [5.74, 6) is 0. The smallest absolute Gasteiger partial charge is 0.0900 e. The van der Waals surface area contributed by atoms with Crippen molar-refractivity contribution < 1.29 is 4.74 Å². The summed E-state index contributed by atoms with van der Waals surface area (Å²) in [6, 6.07) is 0. The second-order valence-corrected chi connectivity index (χ2v) is 7.15. The van der Waals surface area contributed by atoms with Gasteiger partial charge in [-0.25, -0.2) is 0 Å². The van der Waals surface area contributed by atoms with Crippen molar-refractivity contribution in [3.63, 3.8) is 0 Å². The monoisotopic (exact) mass is 328 g/mol. The number of nitrogens with zero attached hydrogens (tertiary/aromatic N) is 2. The predicted octanol–water partition coefficient (Wildman–Crippen LogP) is 4.23. The van der Waals surface area contributed by atoms with Crippen LogP contribution in [0, 0.1) is 5.41 Å². The summed E-state index contributed by atoms with van der Waals surface area (Å²) < 4.78 is 9.15. The molecule has 1 fully saturated rings. The molecule has 1 aromatic heterocycles. The number of aryl methyl sites for hydroxylation is 2. The van der Waals surface area contributed by atoms with Crippen LogP contribution in [0.4, 0.5) is 0 Å². The van der Waals surface area contributed by atoms with Crippen molar-refractivity contribution in [3.05, 3.63) is 15.9 Å². The first-order chi connectivity index (χ1) is 8.93. The highest BCUT2D eigenvalue weighted by Gasteiger charge is 2.27. The fraction of sp³-hybridized carbons (Fsp3) is 0.800. The van der Waals surface area contributed by atoms with Crippen LogP contribution in [0.25, 0.3) is 0 Å². The van der Waals surface area contributed by atoms with Crippen LogP contribution in [0.5, 0.6) is 0 Å². The fourth-order valence-corrected chi connectivity index (χ4v) is 3.44. The third kappa shape index (κ3) is 3.60. The number of hydrogen-bond donors (Lipinski definition) is 0. The third-order valence-corrected chi connectivity index (χ3v) is 5.16. The molecule has 0 bridgehead atoms. The van der Waals surface area contributed by atoms with E-state index in [2.05, 4.69) is 41.8 Å². The summed E-state index contributed by atoms with van der Waals surface area (Å²) in [4.78, 5) is 0. The Morgan fingerprint density at radius 1 is 1.37 bits per heavy atom. The van der Waals surface area contributed by atoms with Crippen molar-refractivity contribution in [2.24, 2.45) is 12.5 Å². The van der Waals surface area contributed by atoms with E-state index in [1.807, 2.05) is 11.7 Å². The van der Waals surface area contributed by atoms with Gasteiger partial charge in [0.25, 0.3) is 0 Å². The van der Waals surface area contributed by atoms with Crippen LogP contribution >= 0.6 is 15.9 Å². The molecule has 0 aliphatic heterocycles. The Balaban J connectivity index is 1.91. The number of hydrogen-bond acceptors (Lipinski definition) is 2. The van der Waals surface area contributed by atoms with Gasteiger partial charge in [-0.2, -0.15) is 5.10 Å². The second-order valence-electron chi connectivity index (χ2n) is 6.36. The van der Waals surface area contributed by atoms with Gasteiger partial charge >= 0.3 is 0 Å². The number of rotatable bonds is 4. The van der Waals surface area contributed by atoms with Crippen molar-refractivity contribution in [2.45, 2.75) is 65.6 Å². The first-order valence-electron chi connectivity index (χ1n) is 7.25. The van der Waals surface area contributed by atoms with Gasteiger partial charge in [0.2, 0.25) is 0 Å². The molecule has 1 saturated carbocycles. The van der Waals surface area contributed by atoms with Crippen LogP contribution in [0.2, 0.25) is 0 Å². The Morgan fingerprint density at radius 3 is 2.53 bits per heavy atom. The van der Waals surface area contributed by atoms with Crippen molar-refractivity contribution in [1.29, 1.82) is 0 Å². The molecule has 108 valence electrons. The van der Waals surface area contributed by atoms with Crippen molar-refractivity contribution >= 4 is 15.9 Å². The molecule has 3 nitrogen and oxygen atoms in total. The maximum atomic E-state index is 6.09. The lowest BCUT2D eigenvalue weighted by Gasteiger charge is -2.34. The van der Waals surface area contributed by atoms with Crippen LogP contribution in [-0.2, 0) is 24.8 Å². The Labute approximate surface area is 124 Å². The van der Waals surface area contributed by atoms with Crippen LogP contribution < -0.4 is 0 Å². The topological polar surface area (TPSA) is 27.1 Å². The highest BCUT2D eigenvalue weighted by atomic mass is 79.9. The molecule has 19 heavy (non-hydrogen) atoms. The number of halogens is 1. The highest BCUT2D eigenvalue weighted by molar-refractivity contribution is 9.10. The van der Waals surface area contributed by atoms with E-state index in [-0.39, 0.29) is 0 Å². The summed E-state index contributed by atoms with van der Waals surface area (Å²) in [6.07, 6.45) is 6.27. The Morgan fingerprint density at radius 2 is 2.00 bits per heavy atom. The molecule has 1 heterocycles. The van der Waals surface area contributed by atoms with Gasteiger partial charge in [0.15, 0.2) is 0 Å². The molecule has 0 saturated heterocycles. The zero-order valence-corrected chi connectivity index (χ0v) is 14.1. The van der Waals surface area contributed by atoms with Gasteiger partial charge in [-0.05, 0) is 53.4 Å². The van der Waals surface area contributed by atoms with Crippen LogP contribution in [0.1, 0.15) is 57.8 Å². The molecule has 1 aromatic rings. The van der Waals surface area contributed by atoms with Crippen LogP contribution in [-0.4, -0.2) is 15.9 Å². The van der Waals surface area contributed by atoms with Gasteiger partial charge in [0, 0.05) is 7.05 Å². The van der Waals surface area contributed by atoms with Gasteiger partial charge in [-0.3, -0.25) is 4.68 Å². The van der Waals surface area contributed by atoms with E-state index in [1.165, 1.54) is 25.7 Å². The Bertz CT molecular complexity index is 430. The van der Waals surface area contributed by atoms with Crippen molar-refractivity contribution in [2.75, 3.05) is 0 Å². The molecule has 4 heteroatoms. The first kappa shape index (κ1) is 15.0. The normalized spacial score (nSPS) is 19.8. The molecule has 0 radical (unpaired) electrons. The lowest BCUT2D eigenvalue weighted by molar-refractivity contribution is -0.00819. The van der Waals surface area contributed by atoms with Crippen LogP contribution in [0.3, 0.4) is 0 Å². The number of aromatic nitrogens is 2. The minimum atomic E-state index is 0.417. The molecule has 1 aliphatic rings. The zero-order valence-electron chi connectivity index (χ0n) is 12.5. The highest BCUT2D eigenvalue weighted by Crippen LogP contribution is 2.36. The average molecular weight is 329 g/mol. The van der Waals surface area contributed by atoms with E-state index in [4.69, 9.17) is 4.74 Å². The molecule has 0 aromatic carbocycles. The zero-order chi connectivity index (χ0) is 14.0. The maximum absolute atomic E-state index is 6.09. The predicted molar refractivity (Wildman–Crippen MR) is 81.1 cm³/mol. The largest absolute Gasteiger partial charge is 0.372 e. The molecule has 2 rings (SSSR count). The summed E-state index contributed by atoms with van der Waals surface area (Å²) in [5, 5.41) is 4.51. The minimum absolute atomic E-state index is 0.417. The summed E-state index contributed by atoms with van der Waals surface area (Å²) in [7, 11) is 1.99. The molecule has 0 unspecified atom stereocenters. The van der Waals surface area contributed by atoms with E-state index in [0.717, 1.165) is 22.3 Å². The molecule has 0 spiro atoms. The van der Waals surface area contributed by atoms with E-state index in [9.17, 15) is 0 Å². The fourth-order valence-electron chi connectivity index (χ4n) is 2.71. The van der Waals surface area contributed by atoms with Gasteiger partial charge in [0.05, 0.1) is 28.6 Å². The van der Waals surface area contributed by atoms with Crippen molar-refractivity contribution in [1.82, 2.24) is 9.78 Å². The SMILES string of the molecule is CCc1nn(C)c(COC2CCC(C)(C)CC2)c1Br. The van der Waals surface area contributed by atoms with E-state index in [0.29, 0.717) is 18.1 Å². The minimum Gasteiger partial charge on any atom is -0.372 e.